The maximum atomic E-state index is 12.6. The summed E-state index contributed by atoms with van der Waals surface area (Å²) in [5.74, 6) is 1.52. The molecule has 0 aliphatic carbocycles. The molecule has 14 heavy (non-hydrogen) atoms. The molecule has 0 bridgehead atoms. The van der Waals surface area contributed by atoms with Crippen molar-refractivity contribution in [3.63, 3.8) is 0 Å². The molecule has 1 atom stereocenters. The molecule has 1 aromatic rings. The van der Waals surface area contributed by atoms with E-state index in [2.05, 4.69) is 13.8 Å². The molecule has 0 heterocycles. The SMILES string of the molecule is CC(C)C(CCl)Cc1ccc(F)cc1. The molecule has 2 heteroatoms. The molecule has 1 aromatic carbocycles. The van der Waals surface area contributed by atoms with E-state index in [1.165, 1.54) is 12.1 Å². The van der Waals surface area contributed by atoms with Crippen LogP contribution in [0.3, 0.4) is 0 Å². The Kier molecular flexibility index (Phi) is 4.40. The largest absolute Gasteiger partial charge is 0.207 e. The van der Waals surface area contributed by atoms with Gasteiger partial charge in [0.2, 0.25) is 0 Å². The highest BCUT2D eigenvalue weighted by Gasteiger charge is 2.12. The molecule has 0 aromatic heterocycles. The fourth-order valence-corrected chi connectivity index (χ4v) is 1.86. The molecule has 1 rings (SSSR count). The smallest absolute Gasteiger partial charge is 0.123 e. The van der Waals surface area contributed by atoms with Gasteiger partial charge in [0.05, 0.1) is 0 Å². The lowest BCUT2D eigenvalue weighted by Gasteiger charge is -2.17. The van der Waals surface area contributed by atoms with Crippen molar-refractivity contribution in [1.29, 1.82) is 0 Å². The zero-order valence-corrected chi connectivity index (χ0v) is 9.39. The van der Waals surface area contributed by atoms with E-state index in [4.69, 9.17) is 11.6 Å². The molecular weight excluding hydrogens is 199 g/mol. The minimum absolute atomic E-state index is 0.180. The minimum Gasteiger partial charge on any atom is -0.207 e. The summed E-state index contributed by atoms with van der Waals surface area (Å²) in [6.45, 7) is 4.33. The first-order chi connectivity index (χ1) is 6.63. The zero-order valence-electron chi connectivity index (χ0n) is 8.63. The van der Waals surface area contributed by atoms with Gasteiger partial charge in [0.15, 0.2) is 0 Å². The van der Waals surface area contributed by atoms with Crippen LogP contribution in [-0.2, 0) is 6.42 Å². The zero-order chi connectivity index (χ0) is 10.6. The third kappa shape index (κ3) is 3.30. The van der Waals surface area contributed by atoms with Crippen LogP contribution in [0.1, 0.15) is 19.4 Å². The summed E-state index contributed by atoms with van der Waals surface area (Å²) in [4.78, 5) is 0. The molecular formula is C12H16ClF. The molecule has 0 N–H and O–H groups in total. The van der Waals surface area contributed by atoms with Crippen molar-refractivity contribution in [2.24, 2.45) is 11.8 Å². The van der Waals surface area contributed by atoms with E-state index in [0.717, 1.165) is 12.0 Å². The number of benzene rings is 1. The number of rotatable bonds is 4. The molecule has 0 radical (unpaired) electrons. The van der Waals surface area contributed by atoms with Gasteiger partial charge in [-0.25, -0.2) is 4.39 Å². The quantitative estimate of drug-likeness (QED) is 0.668. The molecule has 1 unspecified atom stereocenters. The second-order valence-electron chi connectivity index (χ2n) is 3.99. The van der Waals surface area contributed by atoms with Gasteiger partial charge in [0.1, 0.15) is 5.82 Å². The molecule has 0 nitrogen and oxygen atoms in total. The standard InChI is InChI=1S/C12H16ClF/c1-9(2)11(8-13)7-10-3-5-12(14)6-4-10/h3-6,9,11H,7-8H2,1-2H3. The second-order valence-corrected chi connectivity index (χ2v) is 4.30. The lowest BCUT2D eigenvalue weighted by atomic mass is 9.91. The highest BCUT2D eigenvalue weighted by atomic mass is 35.5. The van der Waals surface area contributed by atoms with Gasteiger partial charge in [-0.05, 0) is 36.0 Å². The Morgan fingerprint density at radius 3 is 2.21 bits per heavy atom. The van der Waals surface area contributed by atoms with Crippen molar-refractivity contribution < 1.29 is 4.39 Å². The van der Waals surface area contributed by atoms with Crippen LogP contribution in [0.2, 0.25) is 0 Å². The fraction of sp³-hybridized carbons (Fsp3) is 0.500. The molecule has 0 aliphatic heterocycles. The van der Waals surface area contributed by atoms with Crippen LogP contribution in [0.4, 0.5) is 4.39 Å². The Morgan fingerprint density at radius 2 is 1.79 bits per heavy atom. The number of alkyl halides is 1. The highest BCUT2D eigenvalue weighted by molar-refractivity contribution is 6.18. The van der Waals surface area contributed by atoms with Crippen molar-refractivity contribution in [2.45, 2.75) is 20.3 Å². The summed E-state index contributed by atoms with van der Waals surface area (Å²) in [6, 6.07) is 6.66. The van der Waals surface area contributed by atoms with Crippen LogP contribution in [0, 0.1) is 17.7 Å². The van der Waals surface area contributed by atoms with E-state index in [-0.39, 0.29) is 5.82 Å². The Morgan fingerprint density at radius 1 is 1.21 bits per heavy atom. The van der Waals surface area contributed by atoms with Crippen LogP contribution in [0.15, 0.2) is 24.3 Å². The number of hydrogen-bond acceptors (Lipinski definition) is 0. The average Bonchev–Trinajstić information content (AvgIpc) is 2.16. The monoisotopic (exact) mass is 214 g/mol. The topological polar surface area (TPSA) is 0 Å². The van der Waals surface area contributed by atoms with Crippen molar-refractivity contribution >= 4 is 11.6 Å². The first-order valence-corrected chi connectivity index (χ1v) is 5.47. The van der Waals surface area contributed by atoms with Crippen molar-refractivity contribution in [3.8, 4) is 0 Å². The summed E-state index contributed by atoms with van der Waals surface area (Å²) < 4.78 is 12.6. The van der Waals surface area contributed by atoms with Gasteiger partial charge < -0.3 is 0 Å². The van der Waals surface area contributed by atoms with Crippen LogP contribution in [0.25, 0.3) is 0 Å². The van der Waals surface area contributed by atoms with Gasteiger partial charge in [-0.3, -0.25) is 0 Å². The van der Waals surface area contributed by atoms with Crippen molar-refractivity contribution in [1.82, 2.24) is 0 Å². The second kappa shape index (κ2) is 5.35. The van der Waals surface area contributed by atoms with Crippen LogP contribution in [0.5, 0.6) is 0 Å². The first-order valence-electron chi connectivity index (χ1n) is 4.94. The normalized spacial score (nSPS) is 13.2. The van der Waals surface area contributed by atoms with Gasteiger partial charge in [-0.2, -0.15) is 0 Å². The highest BCUT2D eigenvalue weighted by Crippen LogP contribution is 2.18. The van der Waals surface area contributed by atoms with Crippen molar-refractivity contribution in [3.05, 3.63) is 35.6 Å². The summed E-state index contributed by atoms with van der Waals surface area (Å²) in [6.07, 6.45) is 0.932. The third-order valence-corrected chi connectivity index (χ3v) is 2.95. The van der Waals surface area contributed by atoms with Gasteiger partial charge >= 0.3 is 0 Å². The molecule has 0 saturated heterocycles. The molecule has 78 valence electrons. The van der Waals surface area contributed by atoms with Gasteiger partial charge in [0.25, 0.3) is 0 Å². The van der Waals surface area contributed by atoms with E-state index >= 15 is 0 Å². The number of hydrogen-bond donors (Lipinski definition) is 0. The average molecular weight is 215 g/mol. The predicted molar refractivity (Wildman–Crippen MR) is 59.2 cm³/mol. The van der Waals surface area contributed by atoms with E-state index in [0.29, 0.717) is 17.7 Å². The van der Waals surface area contributed by atoms with E-state index in [9.17, 15) is 4.39 Å². The van der Waals surface area contributed by atoms with Gasteiger partial charge in [-0.15, -0.1) is 11.6 Å². The van der Waals surface area contributed by atoms with E-state index in [1.807, 2.05) is 12.1 Å². The van der Waals surface area contributed by atoms with Crippen LogP contribution in [-0.4, -0.2) is 5.88 Å². The molecule has 0 saturated carbocycles. The van der Waals surface area contributed by atoms with E-state index in [1.54, 1.807) is 0 Å². The minimum atomic E-state index is -0.180. The van der Waals surface area contributed by atoms with Crippen LogP contribution < -0.4 is 0 Å². The molecule has 0 spiro atoms. The Balaban J connectivity index is 2.63. The molecule has 0 fully saturated rings. The summed E-state index contributed by atoms with van der Waals surface area (Å²) in [7, 11) is 0. The number of halogens is 2. The fourth-order valence-electron chi connectivity index (χ4n) is 1.39. The maximum Gasteiger partial charge on any atom is 0.123 e. The van der Waals surface area contributed by atoms with Crippen molar-refractivity contribution in [2.75, 3.05) is 5.88 Å². The summed E-state index contributed by atoms with van der Waals surface area (Å²) in [5.41, 5.74) is 1.16. The summed E-state index contributed by atoms with van der Waals surface area (Å²) >= 11 is 5.87. The molecule has 0 amide bonds. The van der Waals surface area contributed by atoms with Gasteiger partial charge in [0, 0.05) is 5.88 Å². The Hall–Kier alpha value is -0.560. The first kappa shape index (κ1) is 11.5. The maximum absolute atomic E-state index is 12.6. The Labute approximate surface area is 90.1 Å². The lowest BCUT2D eigenvalue weighted by Crippen LogP contribution is -2.13. The summed E-state index contributed by atoms with van der Waals surface area (Å²) in [5, 5.41) is 0. The molecule has 0 aliphatic rings. The van der Waals surface area contributed by atoms with Crippen LogP contribution >= 0.6 is 11.6 Å². The Bertz CT molecular complexity index is 266. The van der Waals surface area contributed by atoms with E-state index < -0.39 is 0 Å². The van der Waals surface area contributed by atoms with Gasteiger partial charge in [-0.1, -0.05) is 26.0 Å². The predicted octanol–water partition coefficient (Wildman–Crippen LogP) is 3.88. The third-order valence-electron chi connectivity index (χ3n) is 2.55. The lowest BCUT2D eigenvalue weighted by molar-refractivity contribution is 0.422.